The molecule has 2 aliphatic heterocycles. The Balaban J connectivity index is 1.13. The maximum Gasteiger partial charge on any atom is 0.194 e. The van der Waals surface area contributed by atoms with Gasteiger partial charge in [-0.2, -0.15) is 0 Å². The maximum absolute atomic E-state index is 6.75. The van der Waals surface area contributed by atoms with Gasteiger partial charge in [-0.05, 0) is 84.3 Å². The first-order valence-corrected chi connectivity index (χ1v) is 17.8. The number of hydrogen-bond donors (Lipinski definition) is 0. The fourth-order valence-corrected chi connectivity index (χ4v) is 7.04. The fraction of sp³-hybridized carbons (Fsp3) is 0.191. The summed E-state index contributed by atoms with van der Waals surface area (Å²) in [6.07, 6.45) is -0.135. The van der Waals surface area contributed by atoms with Crippen molar-refractivity contribution in [3.63, 3.8) is 0 Å². The van der Waals surface area contributed by atoms with Gasteiger partial charge in [-0.3, -0.25) is 0 Å². The van der Waals surface area contributed by atoms with E-state index in [4.69, 9.17) is 19.5 Å². The number of benzene rings is 6. The zero-order chi connectivity index (χ0) is 34.9. The first-order valence-electron chi connectivity index (χ1n) is 17.8. The molecule has 2 aliphatic rings. The first kappa shape index (κ1) is 32.5. The van der Waals surface area contributed by atoms with E-state index < -0.39 is 0 Å². The normalized spacial score (nSPS) is 19.6. The topological polar surface area (TPSA) is 43.2 Å². The van der Waals surface area contributed by atoms with Gasteiger partial charge in [0.1, 0.15) is 12.1 Å². The summed E-state index contributed by atoms with van der Waals surface area (Å²) in [5.41, 5.74) is 14.1. The largest absolute Gasteiger partial charge is 0.470 e. The average Bonchev–Trinajstić information content (AvgIpc) is 3.78. The third kappa shape index (κ3) is 7.00. The predicted octanol–water partition coefficient (Wildman–Crippen LogP) is 11.8. The van der Waals surface area contributed by atoms with Crippen molar-refractivity contribution in [2.24, 2.45) is 9.98 Å². The zero-order valence-electron chi connectivity index (χ0n) is 29.6. The molecule has 4 nitrogen and oxygen atoms in total. The predicted molar refractivity (Wildman–Crippen MR) is 208 cm³/mol. The quantitative estimate of drug-likeness (QED) is 0.162. The molecule has 51 heavy (non-hydrogen) atoms. The lowest BCUT2D eigenvalue weighted by Crippen LogP contribution is -2.13. The smallest absolute Gasteiger partial charge is 0.194 e. The Morgan fingerprint density at radius 1 is 0.392 bits per heavy atom. The van der Waals surface area contributed by atoms with E-state index in [1.165, 1.54) is 44.5 Å². The summed E-state index contributed by atoms with van der Waals surface area (Å²) >= 11 is 0. The second-order valence-electron chi connectivity index (χ2n) is 14.0. The van der Waals surface area contributed by atoms with Crippen LogP contribution >= 0.6 is 0 Å². The average molecular weight is 667 g/mol. The molecule has 0 radical (unpaired) electrons. The first-order chi connectivity index (χ1) is 24.9. The van der Waals surface area contributed by atoms with E-state index in [0.29, 0.717) is 18.2 Å². The maximum atomic E-state index is 6.75. The molecule has 0 fully saturated rings. The number of nitrogens with zero attached hydrogens (tertiary/aromatic N) is 2. The lowest BCUT2D eigenvalue weighted by molar-refractivity contribution is 0.183. The molecule has 0 saturated heterocycles. The van der Waals surface area contributed by atoms with Gasteiger partial charge in [0.2, 0.25) is 0 Å². The Hall–Kier alpha value is -5.74. The van der Waals surface area contributed by atoms with Crippen LogP contribution in [0.2, 0.25) is 0 Å². The minimum absolute atomic E-state index is 0.204. The van der Waals surface area contributed by atoms with E-state index >= 15 is 0 Å². The molecule has 4 heteroatoms. The monoisotopic (exact) mass is 666 g/mol. The summed E-state index contributed by atoms with van der Waals surface area (Å²) in [6.45, 7) is 8.45. The van der Waals surface area contributed by atoms with Crippen LogP contribution in [0.25, 0.3) is 22.3 Å². The molecule has 0 aromatic heterocycles. The summed E-state index contributed by atoms with van der Waals surface area (Å²) < 4.78 is 13.5. The van der Waals surface area contributed by atoms with Crippen molar-refractivity contribution in [3.8, 4) is 22.3 Å². The molecule has 0 spiro atoms. The molecule has 8 rings (SSSR count). The van der Waals surface area contributed by atoms with Crippen molar-refractivity contribution in [2.45, 2.75) is 58.4 Å². The summed E-state index contributed by atoms with van der Waals surface area (Å²) in [4.78, 5) is 10.5. The third-order valence-corrected chi connectivity index (χ3v) is 10.0. The van der Waals surface area contributed by atoms with E-state index in [1.54, 1.807) is 0 Å². The third-order valence-electron chi connectivity index (χ3n) is 10.0. The highest BCUT2D eigenvalue weighted by Gasteiger charge is 2.38. The molecule has 0 amide bonds. The van der Waals surface area contributed by atoms with Crippen LogP contribution in [0.3, 0.4) is 0 Å². The van der Waals surface area contributed by atoms with Gasteiger partial charge in [-0.25, -0.2) is 9.98 Å². The van der Waals surface area contributed by atoms with Crippen molar-refractivity contribution in [1.82, 2.24) is 0 Å². The second-order valence-corrected chi connectivity index (χ2v) is 14.0. The molecule has 0 aliphatic carbocycles. The summed E-state index contributed by atoms with van der Waals surface area (Å²) in [5, 5.41) is 0. The number of hydrogen-bond acceptors (Lipinski definition) is 4. The van der Waals surface area contributed by atoms with Gasteiger partial charge in [0.05, 0.1) is 6.42 Å². The van der Waals surface area contributed by atoms with E-state index in [-0.39, 0.29) is 24.3 Å². The highest BCUT2D eigenvalue weighted by molar-refractivity contribution is 5.98. The van der Waals surface area contributed by atoms with Gasteiger partial charge in [-0.15, -0.1) is 0 Å². The van der Waals surface area contributed by atoms with Crippen LogP contribution in [-0.4, -0.2) is 11.8 Å². The Morgan fingerprint density at radius 2 is 0.745 bits per heavy atom. The van der Waals surface area contributed by atoms with Crippen molar-refractivity contribution >= 4 is 11.8 Å². The van der Waals surface area contributed by atoms with Crippen LogP contribution in [0.1, 0.15) is 75.2 Å². The van der Waals surface area contributed by atoms with E-state index in [9.17, 15) is 0 Å². The Kier molecular flexibility index (Phi) is 8.83. The Labute approximate surface area is 301 Å². The number of rotatable bonds is 8. The highest BCUT2D eigenvalue weighted by Crippen LogP contribution is 2.45. The number of aliphatic imine (C=N–C) groups is 2. The molecule has 0 saturated carbocycles. The molecule has 2 heterocycles. The van der Waals surface area contributed by atoms with Gasteiger partial charge in [0.25, 0.3) is 0 Å². The van der Waals surface area contributed by atoms with Gasteiger partial charge < -0.3 is 9.47 Å². The van der Waals surface area contributed by atoms with Gasteiger partial charge in [0.15, 0.2) is 24.0 Å². The van der Waals surface area contributed by atoms with Crippen LogP contribution in [0, 0.1) is 27.7 Å². The zero-order valence-corrected chi connectivity index (χ0v) is 29.6. The summed E-state index contributed by atoms with van der Waals surface area (Å²) in [5.74, 6) is 1.28. The van der Waals surface area contributed by atoms with Gasteiger partial charge in [-0.1, -0.05) is 156 Å². The van der Waals surface area contributed by atoms with Crippen LogP contribution < -0.4 is 0 Å². The van der Waals surface area contributed by atoms with Crippen LogP contribution in [0.4, 0.5) is 0 Å². The summed E-state index contributed by atoms with van der Waals surface area (Å²) in [6, 6.07) is 51.5. The molecule has 0 bridgehead atoms. The molecule has 0 N–H and O–H groups in total. The molecule has 6 aromatic rings. The van der Waals surface area contributed by atoms with Crippen molar-refractivity contribution in [3.05, 3.63) is 190 Å². The Bertz CT molecular complexity index is 2060. The van der Waals surface area contributed by atoms with E-state index in [0.717, 1.165) is 22.3 Å². The van der Waals surface area contributed by atoms with E-state index in [1.807, 2.05) is 0 Å². The van der Waals surface area contributed by atoms with Crippen molar-refractivity contribution in [2.75, 3.05) is 0 Å². The minimum Gasteiger partial charge on any atom is -0.470 e. The second kappa shape index (κ2) is 13.9. The minimum atomic E-state index is -0.259. The lowest BCUT2D eigenvalue weighted by atomic mass is 9.93. The molecular formula is C47H42N2O2. The van der Waals surface area contributed by atoms with Crippen LogP contribution in [-0.2, 0) is 9.47 Å². The molecule has 6 aromatic carbocycles. The SMILES string of the molecule is Cc1ccc(-c2cccc([C@H]3N=C(CC4=N[C@H](c5cccc(-c6ccc(C)cc6)c5)C(c5ccc(C)cc5)O4)OC3c3ccc(C)cc3)c2)cc1. The van der Waals surface area contributed by atoms with Crippen molar-refractivity contribution in [1.29, 1.82) is 0 Å². The fourth-order valence-electron chi connectivity index (χ4n) is 7.04. The standard InChI is InChI=1S/C47H42N2O2/c1-30-11-19-34(20-12-30)38-7-5-9-40(27-38)44-46(36-23-15-32(3)16-24-36)50-42(48-44)29-43-49-45(47(51-43)37-25-17-33(4)18-26-37)41-10-6-8-39(28-41)35-21-13-31(2)14-22-35/h5-28,44-47H,29H2,1-4H3/t44-,45-,46?,47?/m1/s1. The Morgan fingerprint density at radius 3 is 1.12 bits per heavy atom. The molecule has 2 unspecified atom stereocenters. The highest BCUT2D eigenvalue weighted by atomic mass is 16.5. The van der Waals surface area contributed by atoms with Crippen molar-refractivity contribution < 1.29 is 9.47 Å². The van der Waals surface area contributed by atoms with E-state index in [2.05, 4.69) is 173 Å². The summed E-state index contributed by atoms with van der Waals surface area (Å²) in [7, 11) is 0. The van der Waals surface area contributed by atoms with Gasteiger partial charge in [0, 0.05) is 0 Å². The van der Waals surface area contributed by atoms with Crippen LogP contribution in [0.15, 0.2) is 156 Å². The molecular weight excluding hydrogens is 625 g/mol. The van der Waals surface area contributed by atoms with Crippen LogP contribution in [0.5, 0.6) is 0 Å². The number of aryl methyl sites for hydroxylation is 4. The number of ether oxygens (including phenoxy) is 2. The molecule has 4 atom stereocenters. The lowest BCUT2D eigenvalue weighted by Gasteiger charge is -2.20. The van der Waals surface area contributed by atoms with Gasteiger partial charge >= 0.3 is 0 Å². The molecule has 252 valence electrons.